The van der Waals surface area contributed by atoms with E-state index in [-0.39, 0.29) is 5.91 Å². The maximum atomic E-state index is 11.4. The second-order valence-corrected chi connectivity index (χ2v) is 4.81. The smallest absolute Gasteiger partial charge is 0.224 e. The third-order valence-electron chi connectivity index (χ3n) is 3.08. The zero-order chi connectivity index (χ0) is 14.5. The molecule has 1 aromatic heterocycles. The highest BCUT2D eigenvalue weighted by Crippen LogP contribution is 2.21. The van der Waals surface area contributed by atoms with Gasteiger partial charge in [-0.15, -0.1) is 0 Å². The molecule has 106 valence electrons. The van der Waals surface area contributed by atoms with Crippen LogP contribution in [0.5, 0.6) is 0 Å². The lowest BCUT2D eigenvalue weighted by Crippen LogP contribution is -2.10. The fourth-order valence-corrected chi connectivity index (χ4v) is 1.90. The third kappa shape index (κ3) is 3.60. The van der Waals surface area contributed by atoms with E-state index in [1.165, 1.54) is 0 Å². The molecule has 0 atom stereocenters. The second kappa shape index (κ2) is 6.23. The van der Waals surface area contributed by atoms with E-state index in [2.05, 4.69) is 15.7 Å². The molecule has 5 heteroatoms. The Bertz CT molecular complexity index is 604. The first-order valence-electron chi connectivity index (χ1n) is 6.70. The van der Waals surface area contributed by atoms with Gasteiger partial charge < -0.3 is 10.6 Å². The van der Waals surface area contributed by atoms with Crippen LogP contribution < -0.4 is 10.6 Å². The number of carbonyl (C=O) groups is 1. The Morgan fingerprint density at radius 1 is 1.40 bits per heavy atom. The molecule has 0 unspecified atom stereocenters. The zero-order valence-corrected chi connectivity index (χ0v) is 12.1. The Morgan fingerprint density at radius 2 is 2.20 bits per heavy atom. The molecule has 0 bridgehead atoms. The number of amides is 1. The van der Waals surface area contributed by atoms with Crippen molar-refractivity contribution in [2.75, 3.05) is 10.6 Å². The minimum atomic E-state index is 0.0204. The summed E-state index contributed by atoms with van der Waals surface area (Å²) in [5, 5.41) is 10.4. The van der Waals surface area contributed by atoms with Gasteiger partial charge in [-0.05, 0) is 24.6 Å². The predicted molar refractivity (Wildman–Crippen MR) is 80.6 cm³/mol. The van der Waals surface area contributed by atoms with Crippen molar-refractivity contribution in [3.05, 3.63) is 41.7 Å². The topological polar surface area (TPSA) is 59.0 Å². The minimum absolute atomic E-state index is 0.0204. The first kappa shape index (κ1) is 14.1. The molecular formula is C15H20N4O. The van der Waals surface area contributed by atoms with E-state index < -0.39 is 0 Å². The molecular weight excluding hydrogens is 252 g/mol. The van der Waals surface area contributed by atoms with Gasteiger partial charge in [0.1, 0.15) is 0 Å². The van der Waals surface area contributed by atoms with E-state index in [1.54, 1.807) is 4.68 Å². The highest BCUT2D eigenvalue weighted by Gasteiger charge is 2.04. The molecule has 1 amide bonds. The Morgan fingerprint density at radius 3 is 2.85 bits per heavy atom. The summed E-state index contributed by atoms with van der Waals surface area (Å²) in [6.45, 7) is 4.59. The van der Waals surface area contributed by atoms with Crippen molar-refractivity contribution in [1.82, 2.24) is 9.78 Å². The number of nitrogens with zero attached hydrogens (tertiary/aromatic N) is 2. The quantitative estimate of drug-likeness (QED) is 0.879. The Kier molecular flexibility index (Phi) is 4.40. The van der Waals surface area contributed by atoms with Crippen molar-refractivity contribution in [3.8, 4) is 0 Å². The van der Waals surface area contributed by atoms with Crippen LogP contribution in [0.1, 0.15) is 24.5 Å². The number of aryl methyl sites for hydroxylation is 2. The highest BCUT2D eigenvalue weighted by molar-refractivity contribution is 5.91. The summed E-state index contributed by atoms with van der Waals surface area (Å²) in [5.74, 6) is 0.0204. The number of rotatable bonds is 5. The largest absolute Gasteiger partial charge is 0.381 e. The maximum absolute atomic E-state index is 11.4. The summed E-state index contributed by atoms with van der Waals surface area (Å²) in [6.07, 6.45) is 4.29. The normalized spacial score (nSPS) is 10.3. The van der Waals surface area contributed by atoms with Gasteiger partial charge in [-0.2, -0.15) is 5.10 Å². The molecule has 0 fully saturated rings. The molecule has 2 aromatic rings. The molecule has 5 nitrogen and oxygen atoms in total. The average Bonchev–Trinajstić information content (AvgIpc) is 2.85. The SMILES string of the molecule is CCC(=O)Nc1ccc(C)c(NCc2cnn(C)c2)c1. The van der Waals surface area contributed by atoms with E-state index in [9.17, 15) is 4.79 Å². The van der Waals surface area contributed by atoms with E-state index >= 15 is 0 Å². The molecule has 0 aliphatic carbocycles. The van der Waals surface area contributed by atoms with Gasteiger partial charge in [-0.25, -0.2) is 0 Å². The predicted octanol–water partition coefficient (Wildman–Crippen LogP) is 2.69. The van der Waals surface area contributed by atoms with Gasteiger partial charge in [-0.1, -0.05) is 13.0 Å². The van der Waals surface area contributed by atoms with Crippen LogP contribution in [0.25, 0.3) is 0 Å². The fourth-order valence-electron chi connectivity index (χ4n) is 1.90. The van der Waals surface area contributed by atoms with Crippen molar-refractivity contribution >= 4 is 17.3 Å². The van der Waals surface area contributed by atoms with Crippen LogP contribution in [0, 0.1) is 6.92 Å². The number of aromatic nitrogens is 2. The Balaban J connectivity index is 2.06. The van der Waals surface area contributed by atoms with Gasteiger partial charge in [0, 0.05) is 43.1 Å². The van der Waals surface area contributed by atoms with Gasteiger partial charge in [0.15, 0.2) is 0 Å². The molecule has 0 saturated carbocycles. The number of carbonyl (C=O) groups excluding carboxylic acids is 1. The maximum Gasteiger partial charge on any atom is 0.224 e. The molecule has 20 heavy (non-hydrogen) atoms. The number of benzene rings is 1. The first-order valence-corrected chi connectivity index (χ1v) is 6.70. The molecule has 0 spiro atoms. The summed E-state index contributed by atoms with van der Waals surface area (Å²) in [6, 6.07) is 5.87. The Labute approximate surface area is 119 Å². The van der Waals surface area contributed by atoms with Crippen LogP contribution >= 0.6 is 0 Å². The van der Waals surface area contributed by atoms with Gasteiger partial charge in [0.25, 0.3) is 0 Å². The summed E-state index contributed by atoms with van der Waals surface area (Å²) in [7, 11) is 1.90. The lowest BCUT2D eigenvalue weighted by molar-refractivity contribution is -0.115. The minimum Gasteiger partial charge on any atom is -0.381 e. The average molecular weight is 272 g/mol. The van der Waals surface area contributed by atoms with Gasteiger partial charge in [-0.3, -0.25) is 9.48 Å². The third-order valence-corrected chi connectivity index (χ3v) is 3.08. The molecule has 1 aromatic carbocycles. The standard InChI is InChI=1S/C15H20N4O/c1-4-15(20)18-13-6-5-11(2)14(7-13)16-8-12-9-17-19(3)10-12/h5-7,9-10,16H,4,8H2,1-3H3,(H,18,20). The lowest BCUT2D eigenvalue weighted by atomic mass is 10.1. The molecule has 0 aliphatic rings. The molecule has 0 radical (unpaired) electrons. The fraction of sp³-hybridized carbons (Fsp3) is 0.333. The van der Waals surface area contributed by atoms with Gasteiger partial charge >= 0.3 is 0 Å². The molecule has 0 saturated heterocycles. The van der Waals surface area contributed by atoms with Crippen molar-refractivity contribution in [2.45, 2.75) is 26.8 Å². The second-order valence-electron chi connectivity index (χ2n) is 4.81. The van der Waals surface area contributed by atoms with E-state index in [0.717, 1.165) is 22.5 Å². The van der Waals surface area contributed by atoms with Crippen LogP contribution in [0.2, 0.25) is 0 Å². The number of hydrogen-bond donors (Lipinski definition) is 2. The van der Waals surface area contributed by atoms with Crippen LogP contribution in [0.3, 0.4) is 0 Å². The monoisotopic (exact) mass is 272 g/mol. The van der Waals surface area contributed by atoms with Crippen molar-refractivity contribution in [2.24, 2.45) is 7.05 Å². The number of nitrogens with one attached hydrogen (secondary N) is 2. The summed E-state index contributed by atoms with van der Waals surface area (Å²) in [4.78, 5) is 11.4. The van der Waals surface area contributed by atoms with Crippen molar-refractivity contribution in [1.29, 1.82) is 0 Å². The highest BCUT2D eigenvalue weighted by atomic mass is 16.1. The Hall–Kier alpha value is -2.30. The van der Waals surface area contributed by atoms with Crippen molar-refractivity contribution in [3.63, 3.8) is 0 Å². The molecule has 2 rings (SSSR count). The number of hydrogen-bond acceptors (Lipinski definition) is 3. The van der Waals surface area contributed by atoms with Crippen LogP contribution in [0.15, 0.2) is 30.6 Å². The first-order chi connectivity index (χ1) is 9.58. The zero-order valence-electron chi connectivity index (χ0n) is 12.1. The summed E-state index contributed by atoms with van der Waals surface area (Å²) >= 11 is 0. The summed E-state index contributed by atoms with van der Waals surface area (Å²) in [5.41, 5.74) is 4.09. The molecule has 2 N–H and O–H groups in total. The van der Waals surface area contributed by atoms with Crippen molar-refractivity contribution < 1.29 is 4.79 Å². The van der Waals surface area contributed by atoms with Crippen LogP contribution in [0.4, 0.5) is 11.4 Å². The van der Waals surface area contributed by atoms with Crippen LogP contribution in [-0.4, -0.2) is 15.7 Å². The molecule has 0 aliphatic heterocycles. The van der Waals surface area contributed by atoms with Gasteiger partial charge in [0.05, 0.1) is 6.20 Å². The van der Waals surface area contributed by atoms with E-state index in [0.29, 0.717) is 13.0 Å². The van der Waals surface area contributed by atoms with Gasteiger partial charge in [0.2, 0.25) is 5.91 Å². The van der Waals surface area contributed by atoms with Crippen LogP contribution in [-0.2, 0) is 18.4 Å². The van der Waals surface area contributed by atoms with E-state index in [4.69, 9.17) is 0 Å². The lowest BCUT2D eigenvalue weighted by Gasteiger charge is -2.11. The summed E-state index contributed by atoms with van der Waals surface area (Å²) < 4.78 is 1.78. The van der Waals surface area contributed by atoms with E-state index in [1.807, 2.05) is 51.5 Å². The number of anilines is 2. The molecule has 1 heterocycles.